The van der Waals surface area contributed by atoms with Gasteiger partial charge in [0.1, 0.15) is 0 Å². The van der Waals surface area contributed by atoms with Gasteiger partial charge in [0.2, 0.25) is 15.9 Å². The maximum atomic E-state index is 12.5. The fourth-order valence-electron chi connectivity index (χ4n) is 2.99. The molecular weight excluding hydrogens is 390 g/mol. The number of carbonyl (C=O) groups excluding carboxylic acids is 1. The summed E-state index contributed by atoms with van der Waals surface area (Å²) in [7, 11) is -3.69. The van der Waals surface area contributed by atoms with Gasteiger partial charge >= 0.3 is 0 Å². The number of pyridine rings is 1. The van der Waals surface area contributed by atoms with Crippen molar-refractivity contribution in [1.29, 1.82) is 0 Å². The first kappa shape index (κ1) is 19.0. The number of nitrogens with zero attached hydrogens (tertiary/aromatic N) is 3. The number of rotatable bonds is 7. The Hall–Kier alpha value is -3.30. The highest BCUT2D eigenvalue weighted by molar-refractivity contribution is 7.89. The Bertz CT molecular complexity index is 1280. The molecule has 0 saturated heterocycles. The molecule has 148 valence electrons. The van der Waals surface area contributed by atoms with E-state index in [1.807, 2.05) is 48.7 Å². The minimum absolute atomic E-state index is 0.00156. The predicted molar refractivity (Wildman–Crippen MR) is 109 cm³/mol. The van der Waals surface area contributed by atoms with Crippen molar-refractivity contribution in [3.63, 3.8) is 0 Å². The summed E-state index contributed by atoms with van der Waals surface area (Å²) in [5.41, 5.74) is 0.694. The molecule has 0 aliphatic carbocycles. The van der Waals surface area contributed by atoms with Gasteiger partial charge in [-0.1, -0.05) is 36.4 Å². The van der Waals surface area contributed by atoms with E-state index < -0.39 is 10.0 Å². The Balaban J connectivity index is 1.32. The molecule has 8 nitrogen and oxygen atoms in total. The zero-order chi connectivity index (χ0) is 20.3. The van der Waals surface area contributed by atoms with Crippen molar-refractivity contribution in [2.45, 2.75) is 17.9 Å². The van der Waals surface area contributed by atoms with Crippen molar-refractivity contribution >= 4 is 32.4 Å². The zero-order valence-electron chi connectivity index (χ0n) is 15.4. The highest BCUT2D eigenvalue weighted by atomic mass is 32.2. The zero-order valence-corrected chi connectivity index (χ0v) is 16.3. The molecule has 1 amide bonds. The predicted octanol–water partition coefficient (Wildman–Crippen LogP) is 1.87. The van der Waals surface area contributed by atoms with Gasteiger partial charge in [-0.3, -0.25) is 9.20 Å². The van der Waals surface area contributed by atoms with Crippen LogP contribution in [-0.4, -0.2) is 35.5 Å². The normalized spacial score (nSPS) is 11.7. The average Bonchev–Trinajstić information content (AvgIpc) is 3.15. The first-order valence-corrected chi connectivity index (χ1v) is 10.5. The van der Waals surface area contributed by atoms with Crippen LogP contribution in [0.4, 0.5) is 0 Å². The molecule has 0 aliphatic rings. The van der Waals surface area contributed by atoms with Gasteiger partial charge in [0.15, 0.2) is 11.5 Å². The first-order chi connectivity index (χ1) is 14.0. The molecule has 4 aromatic rings. The number of fused-ring (bicyclic) bond motifs is 2. The molecule has 0 unspecified atom stereocenters. The molecule has 9 heteroatoms. The first-order valence-electron chi connectivity index (χ1n) is 9.07. The van der Waals surface area contributed by atoms with Crippen molar-refractivity contribution in [2.24, 2.45) is 0 Å². The summed E-state index contributed by atoms with van der Waals surface area (Å²) in [6, 6.07) is 18.0. The fraction of sp³-hybridized carbons (Fsp3) is 0.150. The van der Waals surface area contributed by atoms with E-state index in [1.54, 1.807) is 22.6 Å². The van der Waals surface area contributed by atoms with Gasteiger partial charge in [0, 0.05) is 19.2 Å². The highest BCUT2D eigenvalue weighted by Gasteiger charge is 2.15. The number of hydrogen-bond donors (Lipinski definition) is 2. The third-order valence-electron chi connectivity index (χ3n) is 4.50. The van der Waals surface area contributed by atoms with Gasteiger partial charge in [0.05, 0.1) is 11.4 Å². The number of benzene rings is 2. The molecule has 2 aromatic heterocycles. The van der Waals surface area contributed by atoms with Crippen LogP contribution in [0.1, 0.15) is 12.2 Å². The molecular formula is C20H19N5O3S. The Morgan fingerprint density at radius 3 is 2.62 bits per heavy atom. The lowest BCUT2D eigenvalue weighted by molar-refractivity contribution is -0.121. The maximum absolute atomic E-state index is 12.5. The van der Waals surface area contributed by atoms with Crippen LogP contribution in [0.5, 0.6) is 0 Å². The van der Waals surface area contributed by atoms with Crippen LogP contribution in [0.2, 0.25) is 0 Å². The second-order valence-electron chi connectivity index (χ2n) is 6.48. The number of nitrogens with one attached hydrogen (secondary N) is 2. The smallest absolute Gasteiger partial charge is 0.240 e. The largest absolute Gasteiger partial charge is 0.349 e. The van der Waals surface area contributed by atoms with Crippen molar-refractivity contribution in [3.8, 4) is 0 Å². The average molecular weight is 409 g/mol. The molecule has 2 aromatic carbocycles. The van der Waals surface area contributed by atoms with Gasteiger partial charge in [0.25, 0.3) is 0 Å². The lowest BCUT2D eigenvalue weighted by Gasteiger charge is -2.08. The molecule has 0 bridgehead atoms. The van der Waals surface area contributed by atoms with E-state index in [0.29, 0.717) is 11.5 Å². The quantitative estimate of drug-likeness (QED) is 0.485. The fourth-order valence-corrected chi connectivity index (χ4v) is 4.06. The molecule has 0 atom stereocenters. The molecule has 0 spiro atoms. The maximum Gasteiger partial charge on any atom is 0.240 e. The van der Waals surface area contributed by atoms with Gasteiger partial charge in [-0.05, 0) is 35.0 Å². The summed E-state index contributed by atoms with van der Waals surface area (Å²) < 4.78 is 29.2. The van der Waals surface area contributed by atoms with E-state index in [2.05, 4.69) is 20.2 Å². The van der Waals surface area contributed by atoms with Crippen LogP contribution in [0, 0.1) is 0 Å². The van der Waals surface area contributed by atoms with Gasteiger partial charge < -0.3 is 5.32 Å². The van der Waals surface area contributed by atoms with Crippen LogP contribution >= 0.6 is 0 Å². The Kier molecular flexibility index (Phi) is 5.24. The molecule has 0 saturated carbocycles. The second-order valence-corrected chi connectivity index (χ2v) is 8.25. The molecule has 29 heavy (non-hydrogen) atoms. The van der Waals surface area contributed by atoms with E-state index in [0.717, 1.165) is 10.8 Å². The van der Waals surface area contributed by atoms with E-state index in [1.165, 1.54) is 0 Å². The van der Waals surface area contributed by atoms with Crippen molar-refractivity contribution in [1.82, 2.24) is 24.6 Å². The standard InChI is InChI=1S/C20H19N5O3S/c26-20(21-14-19-24-23-18-7-3-4-12-25(18)19)10-11-22-29(27,28)17-9-8-15-5-1-2-6-16(15)13-17/h1-9,12-13,22H,10-11,14H2,(H,21,26). The molecule has 2 N–H and O–H groups in total. The third-order valence-corrected chi connectivity index (χ3v) is 5.96. The van der Waals surface area contributed by atoms with Crippen LogP contribution in [0.15, 0.2) is 71.8 Å². The summed E-state index contributed by atoms with van der Waals surface area (Å²) in [6.07, 6.45) is 1.83. The summed E-state index contributed by atoms with van der Waals surface area (Å²) >= 11 is 0. The number of aromatic nitrogens is 3. The lowest BCUT2D eigenvalue weighted by Crippen LogP contribution is -2.31. The molecule has 0 fully saturated rings. The molecule has 4 rings (SSSR count). The van der Waals surface area contributed by atoms with Crippen LogP contribution in [-0.2, 0) is 21.4 Å². The molecule has 2 heterocycles. The van der Waals surface area contributed by atoms with Gasteiger partial charge in [-0.2, -0.15) is 0 Å². The highest BCUT2D eigenvalue weighted by Crippen LogP contribution is 2.18. The second kappa shape index (κ2) is 7.98. The monoisotopic (exact) mass is 409 g/mol. The number of hydrogen-bond acceptors (Lipinski definition) is 5. The minimum atomic E-state index is -3.69. The third kappa shape index (κ3) is 4.25. The van der Waals surface area contributed by atoms with Crippen molar-refractivity contribution in [2.75, 3.05) is 6.54 Å². The van der Waals surface area contributed by atoms with E-state index in [9.17, 15) is 13.2 Å². The van der Waals surface area contributed by atoms with E-state index >= 15 is 0 Å². The van der Waals surface area contributed by atoms with Crippen LogP contribution in [0.3, 0.4) is 0 Å². The number of carbonyl (C=O) groups is 1. The summed E-state index contributed by atoms with van der Waals surface area (Å²) in [5.74, 6) is 0.324. The summed E-state index contributed by atoms with van der Waals surface area (Å²) in [5, 5.41) is 12.6. The van der Waals surface area contributed by atoms with Crippen molar-refractivity contribution < 1.29 is 13.2 Å². The number of amides is 1. The molecule has 0 radical (unpaired) electrons. The summed E-state index contributed by atoms with van der Waals surface area (Å²) in [6.45, 7) is 0.211. The van der Waals surface area contributed by atoms with Crippen LogP contribution in [0.25, 0.3) is 16.4 Å². The van der Waals surface area contributed by atoms with Crippen LogP contribution < -0.4 is 10.0 Å². The topological polar surface area (TPSA) is 105 Å². The lowest BCUT2D eigenvalue weighted by atomic mass is 10.1. The SMILES string of the molecule is O=C(CCNS(=O)(=O)c1ccc2ccccc2c1)NCc1nnc2ccccn12. The van der Waals surface area contributed by atoms with Gasteiger partial charge in [-0.15, -0.1) is 10.2 Å². The van der Waals surface area contributed by atoms with Crippen molar-refractivity contribution in [3.05, 3.63) is 72.7 Å². The Labute approximate surface area is 167 Å². The van der Waals surface area contributed by atoms with E-state index in [4.69, 9.17) is 0 Å². The number of sulfonamides is 1. The molecule has 0 aliphatic heterocycles. The van der Waals surface area contributed by atoms with E-state index in [-0.39, 0.29) is 30.3 Å². The minimum Gasteiger partial charge on any atom is -0.349 e. The summed E-state index contributed by atoms with van der Waals surface area (Å²) in [4.78, 5) is 12.2. The van der Waals surface area contributed by atoms with Gasteiger partial charge in [-0.25, -0.2) is 13.1 Å². The Morgan fingerprint density at radius 2 is 1.76 bits per heavy atom. The Morgan fingerprint density at radius 1 is 0.966 bits per heavy atom.